The van der Waals surface area contributed by atoms with E-state index in [4.69, 9.17) is 4.74 Å². The molecular formula is C28H27N5O2. The molecule has 0 radical (unpaired) electrons. The second kappa shape index (κ2) is 7.58. The standard InChI is InChI=1S/C28H27N5O2/c1-35-20-7-9-24-22(15-20)28(27(34)30-24)16-23(28)18-4-8-21-25(14-18)31-32-26(21)17-2-5-19(6-3-17)33-12-10-29-11-13-33/h2-9,14-15,23,29H,10-13,16H2,1H3,(H,30,34)(H,31,32)/t23-,28?/m0/s1. The number of benzene rings is 3. The Morgan fingerprint density at radius 2 is 1.86 bits per heavy atom. The molecule has 2 fully saturated rings. The second-order valence-corrected chi connectivity index (χ2v) is 9.75. The van der Waals surface area contributed by atoms with Crippen molar-refractivity contribution in [1.82, 2.24) is 15.5 Å². The SMILES string of the molecule is COc1ccc2c(c1)C1(C[C@H]1c1ccc3c(-c4ccc(N5CCNCC5)cc4)n[nH]c3c1)C(=O)N2. The monoisotopic (exact) mass is 465 g/mol. The van der Waals surface area contributed by atoms with Crippen LogP contribution in [0.3, 0.4) is 0 Å². The van der Waals surface area contributed by atoms with Crippen LogP contribution in [0.15, 0.2) is 60.7 Å². The molecular weight excluding hydrogens is 438 g/mol. The molecule has 3 aliphatic rings. The first-order valence-electron chi connectivity index (χ1n) is 12.2. The van der Waals surface area contributed by atoms with Crippen LogP contribution in [0.4, 0.5) is 11.4 Å². The molecule has 4 aromatic rings. The highest BCUT2D eigenvalue weighted by Gasteiger charge is 2.65. The Labute approximate surface area is 203 Å². The molecule has 7 rings (SSSR count). The lowest BCUT2D eigenvalue weighted by atomic mass is 9.91. The molecule has 1 saturated carbocycles. The number of methoxy groups -OCH3 is 1. The zero-order valence-corrected chi connectivity index (χ0v) is 19.6. The zero-order valence-electron chi connectivity index (χ0n) is 19.6. The topological polar surface area (TPSA) is 82.3 Å². The fraction of sp³-hybridized carbons (Fsp3) is 0.286. The number of hydrogen-bond donors (Lipinski definition) is 3. The number of aromatic nitrogens is 2. The molecule has 1 spiro atoms. The summed E-state index contributed by atoms with van der Waals surface area (Å²) in [6.45, 7) is 4.12. The Morgan fingerprint density at radius 3 is 2.66 bits per heavy atom. The van der Waals surface area contributed by atoms with Crippen LogP contribution < -0.4 is 20.3 Å². The lowest BCUT2D eigenvalue weighted by Gasteiger charge is -2.29. The highest BCUT2D eigenvalue weighted by molar-refractivity contribution is 6.10. The van der Waals surface area contributed by atoms with Crippen molar-refractivity contribution < 1.29 is 9.53 Å². The van der Waals surface area contributed by atoms with Crippen LogP contribution in [-0.4, -0.2) is 49.4 Å². The van der Waals surface area contributed by atoms with Crippen LogP contribution in [0.5, 0.6) is 5.75 Å². The Bertz CT molecular complexity index is 1450. The Balaban J connectivity index is 1.18. The summed E-state index contributed by atoms with van der Waals surface area (Å²) in [5.41, 5.74) is 6.90. The van der Waals surface area contributed by atoms with Gasteiger partial charge in [0.05, 0.1) is 23.7 Å². The van der Waals surface area contributed by atoms with E-state index in [0.717, 1.165) is 77.3 Å². The van der Waals surface area contributed by atoms with Crippen molar-refractivity contribution in [3.8, 4) is 17.0 Å². The number of rotatable bonds is 4. The van der Waals surface area contributed by atoms with Gasteiger partial charge in [-0.1, -0.05) is 24.3 Å². The van der Waals surface area contributed by atoms with Crippen LogP contribution in [0, 0.1) is 0 Å². The van der Waals surface area contributed by atoms with Crippen molar-refractivity contribution in [2.45, 2.75) is 17.8 Å². The zero-order chi connectivity index (χ0) is 23.6. The van der Waals surface area contributed by atoms with Gasteiger partial charge in [0.25, 0.3) is 0 Å². The average molecular weight is 466 g/mol. The molecule has 3 heterocycles. The Hall–Kier alpha value is -3.84. The molecule has 1 unspecified atom stereocenters. The number of piperazine rings is 1. The molecule has 0 bridgehead atoms. The lowest BCUT2D eigenvalue weighted by molar-refractivity contribution is -0.118. The van der Waals surface area contributed by atoms with Gasteiger partial charge < -0.3 is 20.3 Å². The number of nitrogens with zero attached hydrogens (tertiary/aromatic N) is 2. The van der Waals surface area contributed by atoms with E-state index < -0.39 is 5.41 Å². The van der Waals surface area contributed by atoms with Gasteiger partial charge in [-0.15, -0.1) is 0 Å². The Kier molecular flexibility index (Phi) is 4.45. The van der Waals surface area contributed by atoms with Crippen LogP contribution in [-0.2, 0) is 10.2 Å². The minimum atomic E-state index is -0.500. The summed E-state index contributed by atoms with van der Waals surface area (Å²) in [7, 11) is 1.66. The van der Waals surface area contributed by atoms with Gasteiger partial charge in [-0.3, -0.25) is 9.89 Å². The number of aromatic amines is 1. The third kappa shape index (κ3) is 3.08. The largest absolute Gasteiger partial charge is 0.497 e. The fourth-order valence-electron chi connectivity index (χ4n) is 5.93. The number of hydrogen-bond acceptors (Lipinski definition) is 5. The maximum Gasteiger partial charge on any atom is 0.235 e. The summed E-state index contributed by atoms with van der Waals surface area (Å²) in [5.74, 6) is 1.01. The molecule has 3 N–H and O–H groups in total. The summed E-state index contributed by atoms with van der Waals surface area (Å²) in [6, 6.07) is 21.0. The van der Waals surface area contributed by atoms with Crippen molar-refractivity contribution in [3.05, 3.63) is 71.8 Å². The molecule has 1 aromatic heterocycles. The van der Waals surface area contributed by atoms with Gasteiger partial charge in [-0.2, -0.15) is 5.10 Å². The smallest absolute Gasteiger partial charge is 0.235 e. The lowest BCUT2D eigenvalue weighted by Crippen LogP contribution is -2.43. The van der Waals surface area contributed by atoms with Crippen LogP contribution in [0.25, 0.3) is 22.2 Å². The predicted molar refractivity (Wildman–Crippen MR) is 137 cm³/mol. The van der Waals surface area contributed by atoms with E-state index in [1.54, 1.807) is 7.11 Å². The first-order valence-corrected chi connectivity index (χ1v) is 12.2. The molecule has 7 heteroatoms. The van der Waals surface area contributed by atoms with E-state index >= 15 is 0 Å². The molecule has 1 amide bonds. The summed E-state index contributed by atoms with van der Waals surface area (Å²) in [5, 5.41) is 15.4. The maximum atomic E-state index is 13.0. The predicted octanol–water partition coefficient (Wildman–Crippen LogP) is 4.03. The van der Waals surface area contributed by atoms with Gasteiger partial charge >= 0.3 is 0 Å². The van der Waals surface area contributed by atoms with Gasteiger partial charge in [-0.25, -0.2) is 0 Å². The average Bonchev–Trinajstić information content (AvgIpc) is 3.44. The summed E-state index contributed by atoms with van der Waals surface area (Å²) >= 11 is 0. The maximum absolute atomic E-state index is 13.0. The van der Waals surface area contributed by atoms with E-state index in [-0.39, 0.29) is 11.8 Å². The third-order valence-corrected chi connectivity index (χ3v) is 7.93. The number of anilines is 2. The summed E-state index contributed by atoms with van der Waals surface area (Å²) in [4.78, 5) is 15.4. The number of amides is 1. The first kappa shape index (κ1) is 20.5. The molecule has 1 saturated heterocycles. The first-order chi connectivity index (χ1) is 17.2. The van der Waals surface area contributed by atoms with Gasteiger partial charge in [0.2, 0.25) is 5.91 Å². The van der Waals surface area contributed by atoms with E-state index in [1.165, 1.54) is 5.69 Å². The van der Waals surface area contributed by atoms with E-state index in [9.17, 15) is 4.79 Å². The second-order valence-electron chi connectivity index (χ2n) is 9.75. The van der Waals surface area contributed by atoms with Crippen molar-refractivity contribution in [2.75, 3.05) is 43.5 Å². The Morgan fingerprint density at radius 1 is 1.03 bits per heavy atom. The molecule has 1 aliphatic carbocycles. The third-order valence-electron chi connectivity index (χ3n) is 7.93. The molecule has 176 valence electrons. The minimum Gasteiger partial charge on any atom is -0.497 e. The van der Waals surface area contributed by atoms with Crippen LogP contribution in [0.1, 0.15) is 23.5 Å². The van der Waals surface area contributed by atoms with Gasteiger partial charge in [0.1, 0.15) is 5.75 Å². The van der Waals surface area contributed by atoms with Crippen LogP contribution >= 0.6 is 0 Å². The number of carbonyl (C=O) groups excluding carboxylic acids is 1. The van der Waals surface area contributed by atoms with Crippen molar-refractivity contribution in [1.29, 1.82) is 0 Å². The number of carbonyl (C=O) groups is 1. The number of ether oxygens (including phenoxy) is 1. The van der Waals surface area contributed by atoms with E-state index in [0.29, 0.717) is 0 Å². The van der Waals surface area contributed by atoms with E-state index in [2.05, 4.69) is 68.2 Å². The fourth-order valence-corrected chi connectivity index (χ4v) is 5.93. The van der Waals surface area contributed by atoms with Crippen molar-refractivity contribution in [3.63, 3.8) is 0 Å². The van der Waals surface area contributed by atoms with Gasteiger partial charge in [0, 0.05) is 54.4 Å². The summed E-state index contributed by atoms with van der Waals surface area (Å²) in [6.07, 6.45) is 0.805. The number of H-pyrrole nitrogens is 1. The van der Waals surface area contributed by atoms with Gasteiger partial charge in [0.15, 0.2) is 0 Å². The molecule has 2 atom stereocenters. The van der Waals surface area contributed by atoms with Crippen molar-refractivity contribution >= 4 is 28.2 Å². The molecule has 3 aromatic carbocycles. The quantitative estimate of drug-likeness (QED) is 0.424. The molecule has 35 heavy (non-hydrogen) atoms. The normalized spacial score (nSPS) is 22.9. The molecule has 7 nitrogen and oxygen atoms in total. The van der Waals surface area contributed by atoms with E-state index in [1.807, 2.05) is 18.2 Å². The molecule has 2 aliphatic heterocycles. The number of nitrogens with one attached hydrogen (secondary N) is 3. The minimum absolute atomic E-state index is 0.0840. The highest BCUT2D eigenvalue weighted by atomic mass is 16.5. The van der Waals surface area contributed by atoms with Crippen LogP contribution in [0.2, 0.25) is 0 Å². The van der Waals surface area contributed by atoms with Crippen molar-refractivity contribution in [2.24, 2.45) is 0 Å². The number of fused-ring (bicyclic) bond motifs is 3. The van der Waals surface area contributed by atoms with Gasteiger partial charge in [-0.05, 0) is 53.9 Å². The summed E-state index contributed by atoms with van der Waals surface area (Å²) < 4.78 is 5.42. The highest BCUT2D eigenvalue weighted by Crippen LogP contribution is 2.65.